The Labute approximate surface area is 83.0 Å². The number of aromatic nitrogens is 1. The molecule has 0 fully saturated rings. The van der Waals surface area contributed by atoms with Gasteiger partial charge in [0.2, 0.25) is 0 Å². The third-order valence-corrected chi connectivity index (χ3v) is 2.78. The van der Waals surface area contributed by atoms with Gasteiger partial charge in [0, 0.05) is 11.1 Å². The molecule has 0 unspecified atom stereocenters. The van der Waals surface area contributed by atoms with Gasteiger partial charge in [-0.25, -0.2) is 4.98 Å². The van der Waals surface area contributed by atoms with E-state index in [0.717, 1.165) is 16.3 Å². The molecular weight excluding hydrogens is 182 g/mol. The average molecular weight is 197 g/mol. The van der Waals surface area contributed by atoms with Crippen LogP contribution in [0.15, 0.2) is 11.0 Å². The van der Waals surface area contributed by atoms with Gasteiger partial charge in [-0.15, -0.1) is 11.3 Å². The Bertz CT molecular complexity index is 302. The van der Waals surface area contributed by atoms with Gasteiger partial charge in [-0.2, -0.15) is 0 Å². The van der Waals surface area contributed by atoms with Crippen molar-refractivity contribution in [3.8, 4) is 0 Å². The summed E-state index contributed by atoms with van der Waals surface area (Å²) in [5.41, 5.74) is 2.08. The van der Waals surface area contributed by atoms with Crippen LogP contribution in [0.2, 0.25) is 0 Å². The first-order chi connectivity index (χ1) is 6.13. The molecule has 2 nitrogen and oxygen atoms in total. The average Bonchev–Trinajstić information content (AvgIpc) is 2.46. The molecule has 13 heavy (non-hydrogen) atoms. The molecule has 0 aromatic carbocycles. The van der Waals surface area contributed by atoms with E-state index in [-0.39, 0.29) is 6.61 Å². The van der Waals surface area contributed by atoms with E-state index >= 15 is 0 Å². The van der Waals surface area contributed by atoms with Gasteiger partial charge in [0.25, 0.3) is 0 Å². The minimum absolute atomic E-state index is 0.121. The van der Waals surface area contributed by atoms with Crippen LogP contribution >= 0.6 is 11.3 Å². The molecule has 0 atom stereocenters. The molecular formula is C10H15NOS. The number of aliphatic hydroxyl groups excluding tert-OH is 1. The molecule has 0 aliphatic rings. The van der Waals surface area contributed by atoms with Crippen molar-refractivity contribution in [1.82, 2.24) is 4.98 Å². The second-order valence-electron chi connectivity index (χ2n) is 3.36. The molecule has 0 saturated heterocycles. The van der Waals surface area contributed by atoms with Gasteiger partial charge in [0.1, 0.15) is 5.01 Å². The summed E-state index contributed by atoms with van der Waals surface area (Å²) < 4.78 is 0. The lowest BCUT2D eigenvalue weighted by molar-refractivity contribution is 0.320. The van der Waals surface area contributed by atoms with E-state index in [9.17, 15) is 0 Å². The Balaban J connectivity index is 2.84. The highest BCUT2D eigenvalue weighted by Gasteiger charge is 2.03. The molecule has 0 amide bonds. The van der Waals surface area contributed by atoms with Crippen LogP contribution in [0.1, 0.15) is 24.5 Å². The fourth-order valence-corrected chi connectivity index (χ4v) is 1.75. The highest BCUT2D eigenvalue weighted by molar-refractivity contribution is 7.10. The maximum Gasteiger partial charge on any atom is 0.116 e. The highest BCUT2D eigenvalue weighted by atomic mass is 32.1. The van der Waals surface area contributed by atoms with Crippen molar-refractivity contribution in [2.24, 2.45) is 5.92 Å². The smallest absolute Gasteiger partial charge is 0.116 e. The van der Waals surface area contributed by atoms with Crippen molar-refractivity contribution < 1.29 is 5.11 Å². The number of thiazole rings is 1. The predicted octanol–water partition coefficient (Wildman–Crippen LogP) is 2.48. The van der Waals surface area contributed by atoms with Crippen molar-refractivity contribution in [1.29, 1.82) is 0 Å². The summed E-state index contributed by atoms with van der Waals surface area (Å²) >= 11 is 1.61. The molecule has 1 rings (SSSR count). The van der Waals surface area contributed by atoms with E-state index in [1.54, 1.807) is 11.3 Å². The Hall–Kier alpha value is -0.670. The van der Waals surface area contributed by atoms with Crippen molar-refractivity contribution in [3.05, 3.63) is 21.7 Å². The highest BCUT2D eigenvalue weighted by Crippen LogP contribution is 2.17. The summed E-state index contributed by atoms with van der Waals surface area (Å²) in [5, 5.41) is 12.1. The second-order valence-corrected chi connectivity index (χ2v) is 4.25. The number of nitrogens with zero attached hydrogens (tertiary/aromatic N) is 1. The predicted molar refractivity (Wildman–Crippen MR) is 56.8 cm³/mol. The fourth-order valence-electron chi connectivity index (χ4n) is 0.992. The fraction of sp³-hybridized carbons (Fsp3) is 0.500. The van der Waals surface area contributed by atoms with Crippen LogP contribution in [0.25, 0.3) is 6.08 Å². The van der Waals surface area contributed by atoms with Crippen LogP contribution in [-0.4, -0.2) is 16.7 Å². The summed E-state index contributed by atoms with van der Waals surface area (Å²) in [5.74, 6) is 0.384. The molecule has 1 N–H and O–H groups in total. The summed E-state index contributed by atoms with van der Waals surface area (Å²) in [6.07, 6.45) is 1.97. The molecule has 1 aromatic heterocycles. The number of hydrogen-bond acceptors (Lipinski definition) is 3. The normalized spacial score (nSPS) is 12.5. The van der Waals surface area contributed by atoms with Crippen LogP contribution in [0, 0.1) is 12.8 Å². The van der Waals surface area contributed by atoms with Gasteiger partial charge >= 0.3 is 0 Å². The first-order valence-electron chi connectivity index (χ1n) is 4.37. The molecule has 0 radical (unpaired) electrons. The van der Waals surface area contributed by atoms with Crippen LogP contribution in [0.5, 0.6) is 0 Å². The zero-order valence-electron chi connectivity index (χ0n) is 8.24. The molecule has 0 aliphatic carbocycles. The van der Waals surface area contributed by atoms with Gasteiger partial charge in [0.05, 0.1) is 6.61 Å². The quantitative estimate of drug-likeness (QED) is 0.807. The minimum Gasteiger partial charge on any atom is -0.392 e. The Morgan fingerprint density at radius 2 is 2.38 bits per heavy atom. The molecule has 0 aliphatic heterocycles. The van der Waals surface area contributed by atoms with Gasteiger partial charge in [-0.05, 0) is 24.5 Å². The van der Waals surface area contributed by atoms with Gasteiger partial charge in [-0.1, -0.05) is 13.8 Å². The third kappa shape index (κ3) is 2.94. The molecule has 3 heteroatoms. The summed E-state index contributed by atoms with van der Waals surface area (Å²) in [4.78, 5) is 4.31. The first-order valence-corrected chi connectivity index (χ1v) is 5.25. The van der Waals surface area contributed by atoms with E-state index in [1.165, 1.54) is 0 Å². The summed E-state index contributed by atoms with van der Waals surface area (Å²) in [7, 11) is 0. The molecule has 1 aromatic rings. The van der Waals surface area contributed by atoms with Gasteiger partial charge < -0.3 is 5.11 Å². The van der Waals surface area contributed by atoms with Crippen molar-refractivity contribution in [3.63, 3.8) is 0 Å². The second kappa shape index (κ2) is 4.53. The van der Waals surface area contributed by atoms with E-state index in [1.807, 2.05) is 18.4 Å². The monoisotopic (exact) mass is 197 g/mol. The number of aliphatic hydroxyl groups is 1. The lowest BCUT2D eigenvalue weighted by atomic mass is 10.0. The lowest BCUT2D eigenvalue weighted by Gasteiger charge is -2.05. The zero-order valence-corrected chi connectivity index (χ0v) is 9.06. The molecule has 72 valence electrons. The molecule has 0 bridgehead atoms. The van der Waals surface area contributed by atoms with Crippen molar-refractivity contribution >= 4 is 17.4 Å². The van der Waals surface area contributed by atoms with Crippen molar-refractivity contribution in [2.75, 3.05) is 6.61 Å². The number of hydrogen-bond donors (Lipinski definition) is 1. The Morgan fingerprint density at radius 1 is 1.69 bits per heavy atom. The molecule has 1 heterocycles. The standard InChI is InChI=1S/C10H15NOS/c1-7(2)9(5-12)4-10-11-8(3)6-13-10/h4,6-7,12H,5H2,1-3H3. The number of rotatable bonds is 3. The Morgan fingerprint density at radius 3 is 2.77 bits per heavy atom. The van der Waals surface area contributed by atoms with Crippen LogP contribution < -0.4 is 0 Å². The van der Waals surface area contributed by atoms with Crippen molar-refractivity contribution in [2.45, 2.75) is 20.8 Å². The van der Waals surface area contributed by atoms with Gasteiger partial charge in [-0.3, -0.25) is 0 Å². The third-order valence-electron chi connectivity index (χ3n) is 1.87. The van der Waals surface area contributed by atoms with Crippen LogP contribution in [-0.2, 0) is 0 Å². The van der Waals surface area contributed by atoms with E-state index in [2.05, 4.69) is 18.8 Å². The van der Waals surface area contributed by atoms with Crippen LogP contribution in [0.4, 0.5) is 0 Å². The van der Waals surface area contributed by atoms with E-state index in [4.69, 9.17) is 5.11 Å². The van der Waals surface area contributed by atoms with Crippen LogP contribution in [0.3, 0.4) is 0 Å². The lowest BCUT2D eigenvalue weighted by Crippen LogP contribution is -1.98. The zero-order chi connectivity index (χ0) is 9.84. The molecule has 0 spiro atoms. The minimum atomic E-state index is 0.121. The SMILES string of the molecule is Cc1csc(C=C(CO)C(C)C)n1. The van der Waals surface area contributed by atoms with E-state index < -0.39 is 0 Å². The topological polar surface area (TPSA) is 33.1 Å². The maximum absolute atomic E-state index is 9.07. The number of aryl methyl sites for hydroxylation is 1. The Kier molecular flexibility index (Phi) is 3.63. The maximum atomic E-state index is 9.07. The molecule has 0 saturated carbocycles. The largest absolute Gasteiger partial charge is 0.392 e. The summed E-state index contributed by atoms with van der Waals surface area (Å²) in [6, 6.07) is 0. The van der Waals surface area contributed by atoms with Gasteiger partial charge in [0.15, 0.2) is 0 Å². The van der Waals surface area contributed by atoms with E-state index in [0.29, 0.717) is 5.92 Å². The summed E-state index contributed by atoms with van der Waals surface area (Å²) in [6.45, 7) is 6.24. The first kappa shape index (κ1) is 10.4.